The summed E-state index contributed by atoms with van der Waals surface area (Å²) in [5, 5.41) is 12.3. The highest BCUT2D eigenvalue weighted by molar-refractivity contribution is 7.99. The number of benzene rings is 1. The molecule has 2 heterocycles. The van der Waals surface area contributed by atoms with E-state index in [9.17, 15) is 4.79 Å². The number of pyridine rings is 1. The monoisotopic (exact) mass is 411 g/mol. The Morgan fingerprint density at radius 2 is 1.97 bits per heavy atom. The molecule has 2 aromatic heterocycles. The van der Waals surface area contributed by atoms with Gasteiger partial charge in [-0.15, -0.1) is 10.2 Å². The standard InChI is InChI=1S/C21H25N5O2S/c1-15-5-6-18(16(2)13-15)23-19(27)14-29-21-25-24-20(17-7-9-22-10-8-17)26(21)11-4-12-28-3/h5-10,13H,4,11-12,14H2,1-3H3,(H,23,27). The zero-order valence-electron chi connectivity index (χ0n) is 16.9. The lowest BCUT2D eigenvalue weighted by Crippen LogP contribution is -2.15. The van der Waals surface area contributed by atoms with Crippen molar-refractivity contribution in [3.05, 3.63) is 53.9 Å². The van der Waals surface area contributed by atoms with Crippen molar-refractivity contribution in [2.75, 3.05) is 24.8 Å². The van der Waals surface area contributed by atoms with Crippen LogP contribution in [0.25, 0.3) is 11.4 Å². The van der Waals surface area contributed by atoms with Crippen molar-refractivity contribution in [2.24, 2.45) is 0 Å². The molecule has 152 valence electrons. The van der Waals surface area contributed by atoms with Gasteiger partial charge in [-0.25, -0.2) is 0 Å². The van der Waals surface area contributed by atoms with E-state index in [1.165, 1.54) is 17.3 Å². The molecule has 1 amide bonds. The Balaban J connectivity index is 1.70. The predicted molar refractivity (Wildman–Crippen MR) is 115 cm³/mol. The van der Waals surface area contributed by atoms with Crippen LogP contribution in [0.3, 0.4) is 0 Å². The molecule has 3 aromatic rings. The minimum absolute atomic E-state index is 0.0705. The van der Waals surface area contributed by atoms with Gasteiger partial charge in [0.25, 0.3) is 0 Å². The van der Waals surface area contributed by atoms with E-state index in [2.05, 4.69) is 26.6 Å². The smallest absolute Gasteiger partial charge is 0.234 e. The maximum Gasteiger partial charge on any atom is 0.234 e. The zero-order valence-corrected chi connectivity index (χ0v) is 17.7. The summed E-state index contributed by atoms with van der Waals surface area (Å²) in [6.45, 7) is 5.37. The van der Waals surface area contributed by atoms with Gasteiger partial charge in [-0.3, -0.25) is 9.78 Å². The summed E-state index contributed by atoms with van der Waals surface area (Å²) in [7, 11) is 1.68. The number of aryl methyl sites for hydroxylation is 2. The Bertz CT molecular complexity index is 959. The Kier molecular flexibility index (Phi) is 7.37. The van der Waals surface area contributed by atoms with E-state index in [0.717, 1.165) is 29.1 Å². The van der Waals surface area contributed by atoms with Crippen molar-refractivity contribution in [3.63, 3.8) is 0 Å². The molecule has 3 rings (SSSR count). The summed E-state index contributed by atoms with van der Waals surface area (Å²) in [4.78, 5) is 16.5. The third kappa shape index (κ3) is 5.65. The van der Waals surface area contributed by atoms with Crippen molar-refractivity contribution < 1.29 is 9.53 Å². The van der Waals surface area contributed by atoms with Crippen LogP contribution in [0.2, 0.25) is 0 Å². The van der Waals surface area contributed by atoms with Gasteiger partial charge in [0.05, 0.1) is 5.75 Å². The first-order valence-corrected chi connectivity index (χ1v) is 10.4. The Hall–Kier alpha value is -2.71. The molecule has 0 bridgehead atoms. The average Bonchev–Trinajstić information content (AvgIpc) is 3.12. The van der Waals surface area contributed by atoms with Crippen molar-refractivity contribution >= 4 is 23.4 Å². The van der Waals surface area contributed by atoms with Crippen molar-refractivity contribution in [2.45, 2.75) is 32.0 Å². The third-order valence-corrected chi connectivity index (χ3v) is 5.34. The second-order valence-electron chi connectivity index (χ2n) is 6.70. The summed E-state index contributed by atoms with van der Waals surface area (Å²) < 4.78 is 7.21. The van der Waals surface area contributed by atoms with E-state index in [4.69, 9.17) is 4.74 Å². The molecule has 1 aromatic carbocycles. The molecule has 29 heavy (non-hydrogen) atoms. The molecule has 0 saturated carbocycles. The van der Waals surface area contributed by atoms with E-state index < -0.39 is 0 Å². The maximum atomic E-state index is 12.5. The number of thioether (sulfide) groups is 1. The van der Waals surface area contributed by atoms with Gasteiger partial charge in [0.1, 0.15) is 0 Å². The third-order valence-electron chi connectivity index (χ3n) is 4.37. The normalized spacial score (nSPS) is 10.9. The second-order valence-corrected chi connectivity index (χ2v) is 7.64. The summed E-state index contributed by atoms with van der Waals surface area (Å²) in [6, 6.07) is 9.78. The number of ether oxygens (including phenoxy) is 1. The van der Waals surface area contributed by atoms with Gasteiger partial charge in [-0.2, -0.15) is 0 Å². The van der Waals surface area contributed by atoms with Crippen LogP contribution < -0.4 is 5.32 Å². The highest BCUT2D eigenvalue weighted by atomic mass is 32.2. The Morgan fingerprint density at radius 1 is 1.17 bits per heavy atom. The zero-order chi connectivity index (χ0) is 20.6. The van der Waals surface area contributed by atoms with Gasteiger partial charge in [0.2, 0.25) is 5.91 Å². The molecular formula is C21H25N5O2S. The molecule has 0 unspecified atom stereocenters. The highest BCUT2D eigenvalue weighted by Gasteiger charge is 2.16. The summed E-state index contributed by atoms with van der Waals surface area (Å²) >= 11 is 1.38. The number of nitrogens with one attached hydrogen (secondary N) is 1. The van der Waals surface area contributed by atoms with Crippen molar-refractivity contribution in [3.8, 4) is 11.4 Å². The quantitative estimate of drug-likeness (QED) is 0.427. The Morgan fingerprint density at radius 3 is 2.69 bits per heavy atom. The van der Waals surface area contributed by atoms with Gasteiger partial charge in [-0.05, 0) is 44.0 Å². The van der Waals surface area contributed by atoms with Crippen LogP contribution in [0.5, 0.6) is 0 Å². The summed E-state index contributed by atoms with van der Waals surface area (Å²) in [5.74, 6) is 0.950. The number of methoxy groups -OCH3 is 1. The molecule has 0 aliphatic heterocycles. The van der Waals surface area contributed by atoms with Gasteiger partial charge in [0.15, 0.2) is 11.0 Å². The fourth-order valence-corrected chi connectivity index (χ4v) is 3.71. The lowest BCUT2D eigenvalue weighted by Gasteiger charge is -2.11. The van der Waals surface area contributed by atoms with Crippen LogP contribution in [0.15, 0.2) is 47.9 Å². The SMILES string of the molecule is COCCCn1c(SCC(=O)Nc2ccc(C)cc2C)nnc1-c1ccncc1. The first-order chi connectivity index (χ1) is 14.1. The molecule has 0 radical (unpaired) electrons. The van der Waals surface area contributed by atoms with Crippen molar-refractivity contribution in [1.82, 2.24) is 19.7 Å². The number of nitrogens with zero attached hydrogens (tertiary/aromatic N) is 4. The molecule has 0 spiro atoms. The largest absolute Gasteiger partial charge is 0.385 e. The molecule has 0 aliphatic rings. The molecule has 7 nitrogen and oxygen atoms in total. The van der Waals surface area contributed by atoms with E-state index in [1.54, 1.807) is 19.5 Å². The fourth-order valence-electron chi connectivity index (χ4n) is 2.95. The van der Waals surface area contributed by atoms with Gasteiger partial charge >= 0.3 is 0 Å². The van der Waals surface area contributed by atoms with E-state index >= 15 is 0 Å². The minimum Gasteiger partial charge on any atom is -0.385 e. The number of rotatable bonds is 9. The molecule has 8 heteroatoms. The summed E-state index contributed by atoms with van der Waals surface area (Å²) in [5.41, 5.74) is 3.99. The molecule has 0 aliphatic carbocycles. The minimum atomic E-state index is -0.0705. The Labute approximate surface area is 174 Å². The number of anilines is 1. The van der Waals surface area contributed by atoms with Crippen LogP contribution in [0.4, 0.5) is 5.69 Å². The van der Waals surface area contributed by atoms with E-state index in [-0.39, 0.29) is 11.7 Å². The number of hydrogen-bond donors (Lipinski definition) is 1. The number of hydrogen-bond acceptors (Lipinski definition) is 6. The van der Waals surface area contributed by atoms with E-state index in [1.807, 2.05) is 42.7 Å². The van der Waals surface area contributed by atoms with Crippen LogP contribution in [-0.2, 0) is 16.1 Å². The first kappa shape index (κ1) is 21.0. The van der Waals surface area contributed by atoms with Gasteiger partial charge in [-0.1, -0.05) is 29.5 Å². The predicted octanol–water partition coefficient (Wildman–Crippen LogP) is 3.72. The molecule has 1 N–H and O–H groups in total. The number of carbonyl (C=O) groups excluding carboxylic acids is 1. The van der Waals surface area contributed by atoms with Gasteiger partial charge in [0, 0.05) is 43.9 Å². The van der Waals surface area contributed by atoms with Crippen LogP contribution in [-0.4, -0.2) is 45.1 Å². The molecule has 0 atom stereocenters. The number of carbonyl (C=O) groups is 1. The second kappa shape index (κ2) is 10.2. The molecular weight excluding hydrogens is 386 g/mol. The van der Waals surface area contributed by atoms with Crippen LogP contribution in [0, 0.1) is 13.8 Å². The van der Waals surface area contributed by atoms with E-state index in [0.29, 0.717) is 18.3 Å². The first-order valence-electron chi connectivity index (χ1n) is 9.41. The lowest BCUT2D eigenvalue weighted by molar-refractivity contribution is -0.113. The summed E-state index contributed by atoms with van der Waals surface area (Å²) in [6.07, 6.45) is 4.29. The topological polar surface area (TPSA) is 81.9 Å². The fraction of sp³-hybridized carbons (Fsp3) is 0.333. The van der Waals surface area contributed by atoms with Crippen molar-refractivity contribution in [1.29, 1.82) is 0 Å². The average molecular weight is 412 g/mol. The lowest BCUT2D eigenvalue weighted by atomic mass is 10.1. The number of amides is 1. The van der Waals surface area contributed by atoms with Gasteiger partial charge < -0.3 is 14.6 Å². The number of aromatic nitrogens is 4. The molecule has 0 fully saturated rings. The highest BCUT2D eigenvalue weighted by Crippen LogP contribution is 2.24. The van der Waals surface area contributed by atoms with Crippen LogP contribution in [0.1, 0.15) is 17.5 Å². The molecule has 0 saturated heterocycles. The van der Waals surface area contributed by atoms with Crippen LogP contribution >= 0.6 is 11.8 Å². The maximum absolute atomic E-state index is 12.5.